The van der Waals surface area contributed by atoms with Crippen LogP contribution in [0.25, 0.3) is 0 Å². The number of amides is 3. The Bertz CT molecular complexity index is 404. The highest BCUT2D eigenvalue weighted by Gasteiger charge is 2.34. The van der Waals surface area contributed by atoms with Crippen molar-refractivity contribution in [2.24, 2.45) is 0 Å². The van der Waals surface area contributed by atoms with E-state index in [1.54, 1.807) is 0 Å². The zero-order chi connectivity index (χ0) is 16.0. The molecule has 0 aromatic heterocycles. The maximum Gasteiger partial charge on any atom is 0.323 e. The summed E-state index contributed by atoms with van der Waals surface area (Å²) in [4.78, 5) is 36.6. The zero-order valence-corrected chi connectivity index (χ0v) is 13.2. The highest BCUT2D eigenvalue weighted by molar-refractivity contribution is 5.94. The molecule has 1 saturated heterocycles. The van der Waals surface area contributed by atoms with Gasteiger partial charge in [-0.1, -0.05) is 0 Å². The van der Waals surface area contributed by atoms with Gasteiger partial charge in [-0.25, -0.2) is 4.79 Å². The van der Waals surface area contributed by atoms with E-state index in [-0.39, 0.29) is 24.3 Å². The SMILES string of the molecule is CNC(=O)NC(=O)CCN1CCC[C@H]1C(=O)OC(C)(C)C. The Morgan fingerprint density at radius 3 is 2.52 bits per heavy atom. The van der Waals surface area contributed by atoms with E-state index in [1.165, 1.54) is 7.05 Å². The third-order valence-corrected chi connectivity index (χ3v) is 3.15. The van der Waals surface area contributed by atoms with Crippen LogP contribution in [0.4, 0.5) is 4.79 Å². The lowest BCUT2D eigenvalue weighted by molar-refractivity contribution is -0.160. The molecule has 0 saturated carbocycles. The molecule has 120 valence electrons. The first-order valence-electron chi connectivity index (χ1n) is 7.21. The van der Waals surface area contributed by atoms with E-state index in [2.05, 4.69) is 10.6 Å². The molecule has 0 unspecified atom stereocenters. The number of imide groups is 1. The Balaban J connectivity index is 2.45. The smallest absolute Gasteiger partial charge is 0.323 e. The Morgan fingerprint density at radius 2 is 1.95 bits per heavy atom. The Kier molecular flexibility index (Phi) is 6.14. The Morgan fingerprint density at radius 1 is 1.29 bits per heavy atom. The average molecular weight is 299 g/mol. The molecule has 2 N–H and O–H groups in total. The molecule has 7 heteroatoms. The van der Waals surface area contributed by atoms with Gasteiger partial charge in [-0.2, -0.15) is 0 Å². The first kappa shape index (κ1) is 17.4. The molecule has 1 heterocycles. The number of likely N-dealkylation sites (tertiary alicyclic amines) is 1. The van der Waals surface area contributed by atoms with Crippen LogP contribution in [0.15, 0.2) is 0 Å². The predicted molar refractivity (Wildman–Crippen MR) is 77.7 cm³/mol. The number of ether oxygens (including phenoxy) is 1. The molecule has 0 spiro atoms. The predicted octanol–water partition coefficient (Wildman–Crippen LogP) is 0.638. The van der Waals surface area contributed by atoms with Crippen LogP contribution >= 0.6 is 0 Å². The molecule has 0 radical (unpaired) electrons. The van der Waals surface area contributed by atoms with E-state index < -0.39 is 11.6 Å². The summed E-state index contributed by atoms with van der Waals surface area (Å²) in [7, 11) is 1.45. The highest BCUT2D eigenvalue weighted by atomic mass is 16.6. The third-order valence-electron chi connectivity index (χ3n) is 3.15. The number of urea groups is 1. The zero-order valence-electron chi connectivity index (χ0n) is 13.2. The van der Waals surface area contributed by atoms with Gasteiger partial charge in [0, 0.05) is 20.0 Å². The number of esters is 1. The summed E-state index contributed by atoms with van der Waals surface area (Å²) in [6.07, 6.45) is 1.82. The van der Waals surface area contributed by atoms with Crippen molar-refractivity contribution in [3.05, 3.63) is 0 Å². The molecule has 0 bridgehead atoms. The molecule has 1 aliphatic heterocycles. The summed E-state index contributed by atoms with van der Waals surface area (Å²) in [6, 6.07) is -0.817. The molecule has 1 fully saturated rings. The molecule has 21 heavy (non-hydrogen) atoms. The quantitative estimate of drug-likeness (QED) is 0.744. The van der Waals surface area contributed by atoms with Crippen molar-refractivity contribution >= 4 is 17.9 Å². The second-order valence-electron chi connectivity index (χ2n) is 6.10. The van der Waals surface area contributed by atoms with Crippen LogP contribution in [0.1, 0.15) is 40.0 Å². The normalized spacial score (nSPS) is 19.1. The van der Waals surface area contributed by atoms with Crippen LogP contribution in [0.3, 0.4) is 0 Å². The second kappa shape index (κ2) is 7.40. The summed E-state index contributed by atoms with van der Waals surface area (Å²) in [5, 5.41) is 4.52. The minimum atomic E-state index is -0.523. The Hall–Kier alpha value is -1.63. The largest absolute Gasteiger partial charge is 0.459 e. The number of carbonyl (C=O) groups excluding carboxylic acids is 3. The van der Waals surface area contributed by atoms with E-state index in [9.17, 15) is 14.4 Å². The fourth-order valence-electron chi connectivity index (χ4n) is 2.23. The average Bonchev–Trinajstić information content (AvgIpc) is 2.82. The molecule has 0 aliphatic carbocycles. The van der Waals surface area contributed by atoms with Gasteiger partial charge in [-0.05, 0) is 40.2 Å². The third kappa shape index (κ3) is 6.12. The lowest BCUT2D eigenvalue weighted by Crippen LogP contribution is -2.43. The maximum atomic E-state index is 12.1. The number of carbonyl (C=O) groups is 3. The summed E-state index contributed by atoms with van der Waals surface area (Å²) >= 11 is 0. The van der Waals surface area contributed by atoms with Gasteiger partial charge in [0.25, 0.3) is 0 Å². The highest BCUT2D eigenvalue weighted by Crippen LogP contribution is 2.21. The molecular weight excluding hydrogens is 274 g/mol. The van der Waals surface area contributed by atoms with Gasteiger partial charge >= 0.3 is 12.0 Å². The first-order valence-corrected chi connectivity index (χ1v) is 7.21. The van der Waals surface area contributed by atoms with E-state index in [1.807, 2.05) is 25.7 Å². The van der Waals surface area contributed by atoms with E-state index >= 15 is 0 Å². The second-order valence-corrected chi connectivity index (χ2v) is 6.10. The fourth-order valence-corrected chi connectivity index (χ4v) is 2.23. The minimum absolute atomic E-state index is 0.173. The molecule has 3 amide bonds. The van der Waals surface area contributed by atoms with Crippen molar-refractivity contribution in [3.8, 4) is 0 Å². The molecule has 0 aromatic rings. The van der Waals surface area contributed by atoms with Gasteiger partial charge in [0.1, 0.15) is 11.6 Å². The number of rotatable bonds is 4. The van der Waals surface area contributed by atoms with Crippen molar-refractivity contribution in [1.82, 2.24) is 15.5 Å². The van der Waals surface area contributed by atoms with Crippen LogP contribution in [0, 0.1) is 0 Å². The van der Waals surface area contributed by atoms with Crippen molar-refractivity contribution in [3.63, 3.8) is 0 Å². The topological polar surface area (TPSA) is 87.7 Å². The van der Waals surface area contributed by atoms with Gasteiger partial charge in [0.05, 0.1) is 0 Å². The number of nitrogens with zero attached hydrogens (tertiary/aromatic N) is 1. The standard InChI is InChI=1S/C14H25N3O4/c1-14(2,3)21-12(19)10-6-5-8-17(10)9-7-11(18)16-13(20)15-4/h10H,5-9H2,1-4H3,(H2,15,16,18,20)/t10-/m0/s1. The van der Waals surface area contributed by atoms with Gasteiger partial charge < -0.3 is 10.1 Å². The maximum absolute atomic E-state index is 12.1. The van der Waals surface area contributed by atoms with Gasteiger partial charge in [-0.3, -0.25) is 19.8 Å². The lowest BCUT2D eigenvalue weighted by Gasteiger charge is -2.27. The molecule has 7 nitrogen and oxygen atoms in total. The van der Waals surface area contributed by atoms with Crippen molar-refractivity contribution < 1.29 is 19.1 Å². The van der Waals surface area contributed by atoms with E-state index in [4.69, 9.17) is 4.74 Å². The van der Waals surface area contributed by atoms with Crippen molar-refractivity contribution in [2.75, 3.05) is 20.1 Å². The first-order chi connectivity index (χ1) is 9.73. The molecule has 1 aliphatic rings. The molecular formula is C14H25N3O4. The van der Waals surface area contributed by atoms with Crippen LogP contribution in [-0.4, -0.2) is 54.6 Å². The lowest BCUT2D eigenvalue weighted by atomic mass is 10.1. The monoisotopic (exact) mass is 299 g/mol. The van der Waals surface area contributed by atoms with Crippen LogP contribution in [0.2, 0.25) is 0 Å². The van der Waals surface area contributed by atoms with E-state index in [0.29, 0.717) is 6.54 Å². The van der Waals surface area contributed by atoms with E-state index in [0.717, 1.165) is 19.4 Å². The molecule has 0 aromatic carbocycles. The summed E-state index contributed by atoms with van der Waals surface area (Å²) in [5.41, 5.74) is -0.512. The summed E-state index contributed by atoms with van der Waals surface area (Å²) in [6.45, 7) is 6.70. The fraction of sp³-hybridized carbons (Fsp3) is 0.786. The summed E-state index contributed by atoms with van der Waals surface area (Å²) < 4.78 is 5.40. The molecule has 1 atom stereocenters. The van der Waals surface area contributed by atoms with Crippen LogP contribution in [-0.2, 0) is 14.3 Å². The Labute approximate surface area is 125 Å². The van der Waals surface area contributed by atoms with Crippen LogP contribution < -0.4 is 10.6 Å². The van der Waals surface area contributed by atoms with Crippen molar-refractivity contribution in [1.29, 1.82) is 0 Å². The molecule has 1 rings (SSSR count). The summed E-state index contributed by atoms with van der Waals surface area (Å²) in [5.74, 6) is -0.601. The van der Waals surface area contributed by atoms with Crippen LogP contribution in [0.5, 0.6) is 0 Å². The van der Waals surface area contributed by atoms with Gasteiger partial charge in [-0.15, -0.1) is 0 Å². The number of nitrogens with one attached hydrogen (secondary N) is 2. The number of hydrogen-bond acceptors (Lipinski definition) is 5. The minimum Gasteiger partial charge on any atom is -0.459 e. The number of hydrogen-bond donors (Lipinski definition) is 2. The van der Waals surface area contributed by atoms with Gasteiger partial charge in [0.15, 0.2) is 0 Å². The van der Waals surface area contributed by atoms with Crippen molar-refractivity contribution in [2.45, 2.75) is 51.7 Å². The van der Waals surface area contributed by atoms with Gasteiger partial charge in [0.2, 0.25) is 5.91 Å².